The number of nitrogens with one attached hydrogen (secondary N) is 2. The van der Waals surface area contributed by atoms with Gasteiger partial charge in [-0.05, 0) is 54.4 Å². The molecule has 1 aromatic heterocycles. The Morgan fingerprint density at radius 1 is 0.963 bits per heavy atom. The van der Waals surface area contributed by atoms with Gasteiger partial charge in [0.15, 0.2) is 0 Å². The van der Waals surface area contributed by atoms with Crippen molar-refractivity contribution >= 4 is 34.2 Å². The zero-order chi connectivity index (χ0) is 18.6. The van der Waals surface area contributed by atoms with Gasteiger partial charge in [0.1, 0.15) is 5.82 Å². The van der Waals surface area contributed by atoms with E-state index in [1.165, 1.54) is 5.56 Å². The van der Waals surface area contributed by atoms with Crippen LogP contribution in [-0.2, 0) is 12.8 Å². The lowest BCUT2D eigenvalue weighted by atomic mass is 10.1. The van der Waals surface area contributed by atoms with E-state index in [-0.39, 0.29) is 5.91 Å². The van der Waals surface area contributed by atoms with Crippen LogP contribution in [0.25, 0.3) is 11.0 Å². The second kappa shape index (κ2) is 7.64. The van der Waals surface area contributed by atoms with E-state index in [0.717, 1.165) is 35.4 Å². The SMILES string of the molecule is O=C(Nc1ccc(CCc2nc3ccccc3[nH]2)cc1)c1cccc(Cl)c1. The molecule has 0 aliphatic rings. The molecule has 0 aliphatic heterocycles. The number of benzene rings is 3. The van der Waals surface area contributed by atoms with Crippen LogP contribution in [0.1, 0.15) is 21.7 Å². The number of para-hydroxylation sites is 2. The molecule has 1 heterocycles. The largest absolute Gasteiger partial charge is 0.342 e. The van der Waals surface area contributed by atoms with Crippen molar-refractivity contribution in [1.82, 2.24) is 9.97 Å². The summed E-state index contributed by atoms with van der Waals surface area (Å²) in [7, 11) is 0. The van der Waals surface area contributed by atoms with Gasteiger partial charge in [-0.2, -0.15) is 0 Å². The summed E-state index contributed by atoms with van der Waals surface area (Å²) in [5, 5.41) is 3.43. The number of H-pyrrole nitrogens is 1. The van der Waals surface area contributed by atoms with Crippen LogP contribution in [0.2, 0.25) is 5.02 Å². The monoisotopic (exact) mass is 375 g/mol. The first-order valence-corrected chi connectivity index (χ1v) is 9.15. The average molecular weight is 376 g/mol. The number of aryl methyl sites for hydroxylation is 2. The Morgan fingerprint density at radius 2 is 1.78 bits per heavy atom. The topological polar surface area (TPSA) is 57.8 Å². The molecule has 134 valence electrons. The van der Waals surface area contributed by atoms with Gasteiger partial charge in [-0.25, -0.2) is 4.98 Å². The van der Waals surface area contributed by atoms with Gasteiger partial charge < -0.3 is 10.3 Å². The molecule has 0 spiro atoms. The van der Waals surface area contributed by atoms with Crippen molar-refractivity contribution in [2.24, 2.45) is 0 Å². The van der Waals surface area contributed by atoms with E-state index >= 15 is 0 Å². The lowest BCUT2D eigenvalue weighted by Gasteiger charge is -2.07. The van der Waals surface area contributed by atoms with Gasteiger partial charge in [0.25, 0.3) is 5.91 Å². The fraction of sp³-hybridized carbons (Fsp3) is 0.0909. The van der Waals surface area contributed by atoms with E-state index in [2.05, 4.69) is 15.3 Å². The molecule has 27 heavy (non-hydrogen) atoms. The number of hydrogen-bond donors (Lipinski definition) is 2. The van der Waals surface area contributed by atoms with Crippen molar-refractivity contribution in [3.05, 3.63) is 94.8 Å². The minimum absolute atomic E-state index is 0.174. The average Bonchev–Trinajstić information content (AvgIpc) is 3.10. The van der Waals surface area contributed by atoms with Crippen molar-refractivity contribution in [3.8, 4) is 0 Å². The maximum absolute atomic E-state index is 12.3. The highest BCUT2D eigenvalue weighted by molar-refractivity contribution is 6.31. The number of anilines is 1. The third kappa shape index (κ3) is 4.18. The highest BCUT2D eigenvalue weighted by Gasteiger charge is 2.07. The molecule has 5 heteroatoms. The molecule has 4 nitrogen and oxygen atoms in total. The zero-order valence-electron chi connectivity index (χ0n) is 14.6. The number of aromatic amines is 1. The molecule has 0 unspecified atom stereocenters. The van der Waals surface area contributed by atoms with Crippen molar-refractivity contribution in [2.75, 3.05) is 5.32 Å². The summed E-state index contributed by atoms with van der Waals surface area (Å²) < 4.78 is 0. The minimum atomic E-state index is -0.174. The third-order valence-electron chi connectivity index (χ3n) is 4.39. The van der Waals surface area contributed by atoms with Gasteiger partial charge in [-0.15, -0.1) is 0 Å². The molecule has 2 N–H and O–H groups in total. The quantitative estimate of drug-likeness (QED) is 0.500. The van der Waals surface area contributed by atoms with Crippen molar-refractivity contribution < 1.29 is 4.79 Å². The van der Waals surface area contributed by atoms with Crippen LogP contribution in [0.15, 0.2) is 72.8 Å². The van der Waals surface area contributed by atoms with Gasteiger partial charge in [0.2, 0.25) is 0 Å². The van der Waals surface area contributed by atoms with E-state index in [4.69, 9.17) is 11.6 Å². The first-order chi connectivity index (χ1) is 13.2. The molecule has 0 saturated heterocycles. The molecule has 0 bridgehead atoms. The molecule has 4 rings (SSSR count). The Hall–Kier alpha value is -3.11. The molecular formula is C22H18ClN3O. The molecule has 0 radical (unpaired) electrons. The van der Waals surface area contributed by atoms with Gasteiger partial charge in [0, 0.05) is 22.7 Å². The van der Waals surface area contributed by atoms with Gasteiger partial charge in [0.05, 0.1) is 11.0 Å². The number of imidazole rings is 1. The molecule has 0 saturated carbocycles. The summed E-state index contributed by atoms with van der Waals surface area (Å²) in [6, 6.07) is 22.8. The summed E-state index contributed by atoms with van der Waals surface area (Å²) in [6.07, 6.45) is 1.71. The Balaban J connectivity index is 1.37. The van der Waals surface area contributed by atoms with Crippen LogP contribution in [0.4, 0.5) is 5.69 Å². The van der Waals surface area contributed by atoms with E-state index in [0.29, 0.717) is 10.6 Å². The number of halogens is 1. The number of rotatable bonds is 5. The highest BCUT2D eigenvalue weighted by atomic mass is 35.5. The number of carbonyl (C=O) groups is 1. The van der Waals surface area contributed by atoms with Gasteiger partial charge in [-0.1, -0.05) is 41.9 Å². The first kappa shape index (κ1) is 17.3. The Labute approximate surface area is 162 Å². The fourth-order valence-corrected chi connectivity index (χ4v) is 3.16. The summed E-state index contributed by atoms with van der Waals surface area (Å²) in [4.78, 5) is 20.2. The molecule has 1 amide bonds. The van der Waals surface area contributed by atoms with E-state index < -0.39 is 0 Å². The fourth-order valence-electron chi connectivity index (χ4n) is 2.97. The smallest absolute Gasteiger partial charge is 0.255 e. The van der Waals surface area contributed by atoms with Gasteiger partial charge in [-0.3, -0.25) is 4.79 Å². The predicted molar refractivity (Wildman–Crippen MR) is 109 cm³/mol. The van der Waals surface area contributed by atoms with Crippen LogP contribution in [0.5, 0.6) is 0 Å². The normalized spacial score (nSPS) is 10.9. The summed E-state index contributed by atoms with van der Waals surface area (Å²) in [5.74, 6) is 0.807. The van der Waals surface area contributed by atoms with Crippen molar-refractivity contribution in [3.63, 3.8) is 0 Å². The van der Waals surface area contributed by atoms with Crippen LogP contribution >= 0.6 is 11.6 Å². The number of carbonyl (C=O) groups excluding carboxylic acids is 1. The second-order valence-corrected chi connectivity index (χ2v) is 6.80. The van der Waals surface area contributed by atoms with Crippen LogP contribution in [0, 0.1) is 0 Å². The van der Waals surface area contributed by atoms with Gasteiger partial charge >= 0.3 is 0 Å². The number of fused-ring (bicyclic) bond motifs is 1. The number of aromatic nitrogens is 2. The number of amides is 1. The highest BCUT2D eigenvalue weighted by Crippen LogP contribution is 2.16. The molecule has 0 atom stereocenters. The Morgan fingerprint density at radius 3 is 2.56 bits per heavy atom. The molecule has 4 aromatic rings. The third-order valence-corrected chi connectivity index (χ3v) is 4.62. The number of nitrogens with zero attached hydrogens (tertiary/aromatic N) is 1. The molecule has 0 fully saturated rings. The molecule has 0 aliphatic carbocycles. The lowest BCUT2D eigenvalue weighted by Crippen LogP contribution is -2.11. The maximum Gasteiger partial charge on any atom is 0.255 e. The van der Waals surface area contributed by atoms with Crippen molar-refractivity contribution in [2.45, 2.75) is 12.8 Å². The predicted octanol–water partition coefficient (Wildman–Crippen LogP) is 5.25. The summed E-state index contributed by atoms with van der Waals surface area (Å²) in [5.41, 5.74) is 4.54. The zero-order valence-corrected chi connectivity index (χ0v) is 15.3. The lowest BCUT2D eigenvalue weighted by molar-refractivity contribution is 0.102. The minimum Gasteiger partial charge on any atom is -0.342 e. The van der Waals surface area contributed by atoms with Crippen molar-refractivity contribution in [1.29, 1.82) is 0 Å². The summed E-state index contributed by atoms with van der Waals surface area (Å²) >= 11 is 5.94. The first-order valence-electron chi connectivity index (χ1n) is 8.77. The molecule has 3 aromatic carbocycles. The van der Waals surface area contributed by atoms with E-state index in [1.54, 1.807) is 24.3 Å². The molecular weight excluding hydrogens is 358 g/mol. The van der Waals surface area contributed by atoms with Crippen LogP contribution in [0.3, 0.4) is 0 Å². The maximum atomic E-state index is 12.3. The standard InChI is InChI=1S/C22H18ClN3O/c23-17-5-3-4-16(14-17)22(27)24-18-11-8-15(9-12-18)10-13-21-25-19-6-1-2-7-20(19)26-21/h1-9,11-12,14H,10,13H2,(H,24,27)(H,25,26). The Kier molecular flexibility index (Phi) is 4.90. The second-order valence-electron chi connectivity index (χ2n) is 6.36. The van der Waals surface area contributed by atoms with Crippen LogP contribution < -0.4 is 5.32 Å². The number of hydrogen-bond acceptors (Lipinski definition) is 2. The summed E-state index contributed by atoms with van der Waals surface area (Å²) in [6.45, 7) is 0. The Bertz CT molecular complexity index is 1050. The van der Waals surface area contributed by atoms with Crippen LogP contribution in [-0.4, -0.2) is 15.9 Å². The van der Waals surface area contributed by atoms with E-state index in [1.807, 2.05) is 48.5 Å². The van der Waals surface area contributed by atoms with E-state index in [9.17, 15) is 4.79 Å².